The number of aromatic nitrogens is 8. The van der Waals surface area contributed by atoms with Gasteiger partial charge in [-0.25, -0.2) is 39.9 Å². The summed E-state index contributed by atoms with van der Waals surface area (Å²) in [7, 11) is 0. The Kier molecular flexibility index (Phi) is 21.6. The van der Waals surface area contributed by atoms with Gasteiger partial charge in [-0.2, -0.15) is 0 Å². The fourth-order valence-corrected chi connectivity index (χ4v) is 16.3. The van der Waals surface area contributed by atoms with Gasteiger partial charge in [-0.3, -0.25) is 0 Å². The van der Waals surface area contributed by atoms with Gasteiger partial charge in [0.2, 0.25) is 0 Å². The molecule has 440 valence electrons. The van der Waals surface area contributed by atoms with Gasteiger partial charge in [-0.05, 0) is 155 Å². The number of hydrogen-bond donors (Lipinski definition) is 0. The Hall–Kier alpha value is -6.42. The highest BCUT2D eigenvalue weighted by Gasteiger charge is 2.17. The van der Waals surface area contributed by atoms with Crippen LogP contribution in [0.1, 0.15) is 83.3 Å². The summed E-state index contributed by atoms with van der Waals surface area (Å²) < 4.78 is 17.3. The predicted octanol–water partition coefficient (Wildman–Crippen LogP) is 23.8. The van der Waals surface area contributed by atoms with Gasteiger partial charge in [0.25, 0.3) is 0 Å². The molecule has 0 bridgehead atoms. The highest BCUT2D eigenvalue weighted by atomic mass is 35.5. The van der Waals surface area contributed by atoms with E-state index in [1.165, 1.54) is 90.5 Å². The van der Waals surface area contributed by atoms with Crippen LogP contribution in [0, 0.1) is 69.2 Å². The molecule has 15 aromatic rings. The first-order chi connectivity index (χ1) is 41.6. The second kappa shape index (κ2) is 29.1. The molecule has 5 aromatic carbocycles. The van der Waals surface area contributed by atoms with Crippen LogP contribution in [0.4, 0.5) is 0 Å². The average Bonchev–Trinajstić information content (AvgIpc) is 2.74. The minimum Gasteiger partial charge on any atom is -0.472 e. The Morgan fingerprint density at radius 2 is 0.802 bits per heavy atom. The van der Waals surface area contributed by atoms with Crippen molar-refractivity contribution in [1.29, 1.82) is 0 Å². The number of benzene rings is 5. The first kappa shape index (κ1) is 64.1. The first-order valence-corrected chi connectivity index (χ1v) is 35.1. The number of hydrogen-bond acceptors (Lipinski definition) is 18. The van der Waals surface area contributed by atoms with Crippen molar-refractivity contribution in [3.05, 3.63) is 185 Å². The molecule has 15 rings (SSSR count). The van der Waals surface area contributed by atoms with E-state index in [0.717, 1.165) is 80.3 Å². The van der Waals surface area contributed by atoms with Gasteiger partial charge in [-0.15, -0.1) is 90.7 Å². The van der Waals surface area contributed by atoms with E-state index in [0.29, 0.717) is 9.69 Å². The van der Waals surface area contributed by atoms with Gasteiger partial charge in [0.1, 0.15) is 32.7 Å². The van der Waals surface area contributed by atoms with Crippen LogP contribution in [-0.2, 0) is 0 Å². The van der Waals surface area contributed by atoms with Gasteiger partial charge in [-0.1, -0.05) is 100.0 Å². The molecule has 0 aliphatic carbocycles. The number of fused-ring (bicyclic) bond motifs is 5. The Balaban J connectivity index is 0.000000127. The standard InChI is InChI=1S/C13H10ClNOS.C13H11NOS.C12H9ClN2S2.2C12H10N2S2.2C2H6/c1-7-3-4-8(2)12-11(7)15-13(17-12)9-5-6-10(14)16-9;1-8-3-4-9(2)12-11(8)14-13(16-12)10-5-6-15-7-10;1-6-3-4-7(2)10-9(6)15-11(17-10)8-5-16-12(13)14-8;1-7-3-4-8(2)11-10(7)14-12(16-11)9-5-15-6-13-9;1-7-3-4-8(2)10-9(7)14-12(16-10)11-13-5-6-15-11;2*1-2/h3-6H,1-2H3;3-7H,1-2H3;3-5H,1-2H3;2*3-6H,1-2H3;2*1-2H3. The maximum absolute atomic E-state index is 5.86. The summed E-state index contributed by atoms with van der Waals surface area (Å²) in [6, 6.07) is 26.8. The molecule has 86 heavy (non-hydrogen) atoms. The Labute approximate surface area is 543 Å². The van der Waals surface area contributed by atoms with Crippen LogP contribution in [0.15, 0.2) is 128 Å². The van der Waals surface area contributed by atoms with Crippen LogP contribution in [0.25, 0.3) is 104 Å². The molecule has 0 aliphatic heterocycles. The molecule has 10 heterocycles. The summed E-state index contributed by atoms with van der Waals surface area (Å²) >= 11 is 24.8. The number of nitrogens with zero attached hydrogens (tertiary/aromatic N) is 8. The minimum atomic E-state index is 0.396. The SMILES string of the molecule is CC.CC.Cc1ccc(C)c2sc(-c3ccc(Cl)o3)nc12.Cc1ccc(C)c2sc(-c3ccoc3)nc12.Cc1ccc(C)c2sc(-c3csc(Cl)n3)nc12.Cc1ccc(C)c2sc(-c3cscn3)nc12.Cc1ccc(C)c2sc(-c3nccs3)nc12. The van der Waals surface area contributed by atoms with Crippen LogP contribution in [0.3, 0.4) is 0 Å². The smallest absolute Gasteiger partial charge is 0.194 e. The molecule has 0 spiro atoms. The van der Waals surface area contributed by atoms with Gasteiger partial charge in [0, 0.05) is 27.9 Å². The molecule has 0 saturated carbocycles. The van der Waals surface area contributed by atoms with Crippen molar-refractivity contribution in [2.45, 2.75) is 96.9 Å². The third-order valence-corrected chi connectivity index (χ3v) is 22.0. The number of furan rings is 2. The third kappa shape index (κ3) is 14.4. The van der Waals surface area contributed by atoms with Gasteiger partial charge in [0.15, 0.2) is 30.5 Å². The van der Waals surface area contributed by atoms with Crippen LogP contribution in [-0.4, -0.2) is 39.9 Å². The van der Waals surface area contributed by atoms with Gasteiger partial charge in [0.05, 0.1) is 62.9 Å². The van der Waals surface area contributed by atoms with Crippen molar-refractivity contribution in [1.82, 2.24) is 39.9 Å². The van der Waals surface area contributed by atoms with E-state index in [-0.39, 0.29) is 0 Å². The summed E-state index contributed by atoms with van der Waals surface area (Å²) in [6.07, 6.45) is 5.25. The molecule has 0 atom stereocenters. The third-order valence-electron chi connectivity index (χ3n) is 13.2. The molecule has 0 radical (unpaired) electrons. The quantitative estimate of drug-likeness (QED) is 0.164. The first-order valence-electron chi connectivity index (χ1n) is 27.6. The molecular weight excluding hydrogens is 1260 g/mol. The fourth-order valence-electron chi connectivity index (χ4n) is 8.65. The Bertz CT molecular complexity index is 4100. The summed E-state index contributed by atoms with van der Waals surface area (Å²) in [5, 5.41) is 12.3. The molecular formula is C66H62Cl2N8O2S8. The molecule has 0 unspecified atom stereocenters. The molecule has 0 N–H and O–H groups in total. The zero-order valence-electron chi connectivity index (χ0n) is 50.0. The van der Waals surface area contributed by atoms with Crippen LogP contribution >= 0.6 is 114 Å². The van der Waals surface area contributed by atoms with E-state index in [1.54, 1.807) is 98.0 Å². The van der Waals surface area contributed by atoms with Crippen LogP contribution in [0.2, 0.25) is 9.69 Å². The molecule has 0 amide bonds. The number of halogens is 2. The van der Waals surface area contributed by atoms with Crippen LogP contribution < -0.4 is 0 Å². The Morgan fingerprint density at radius 3 is 1.19 bits per heavy atom. The molecule has 0 saturated heterocycles. The van der Waals surface area contributed by atoms with E-state index in [4.69, 9.17) is 32.0 Å². The Morgan fingerprint density at radius 1 is 0.384 bits per heavy atom. The second-order valence-corrected chi connectivity index (χ2v) is 27.7. The predicted molar refractivity (Wildman–Crippen MR) is 377 cm³/mol. The lowest BCUT2D eigenvalue weighted by molar-refractivity contribution is 0.568. The van der Waals surface area contributed by atoms with Crippen molar-refractivity contribution in [3.63, 3.8) is 0 Å². The maximum Gasteiger partial charge on any atom is 0.194 e. The lowest BCUT2D eigenvalue weighted by atomic mass is 10.1. The van der Waals surface area contributed by atoms with Crippen molar-refractivity contribution in [3.8, 4) is 52.8 Å². The average molecular weight is 1330 g/mol. The molecule has 0 fully saturated rings. The summed E-state index contributed by atoms with van der Waals surface area (Å²) in [5.74, 6) is 0.731. The second-order valence-electron chi connectivity index (χ2n) is 19.3. The molecule has 10 aromatic heterocycles. The van der Waals surface area contributed by atoms with E-state index in [9.17, 15) is 0 Å². The topological polar surface area (TPSA) is 129 Å². The monoisotopic (exact) mass is 1320 g/mol. The van der Waals surface area contributed by atoms with Crippen molar-refractivity contribution >= 4 is 165 Å². The van der Waals surface area contributed by atoms with Crippen molar-refractivity contribution < 1.29 is 8.83 Å². The maximum atomic E-state index is 5.86. The largest absolute Gasteiger partial charge is 0.472 e. The van der Waals surface area contributed by atoms with Gasteiger partial charge < -0.3 is 8.83 Å². The molecule has 10 nitrogen and oxygen atoms in total. The summed E-state index contributed by atoms with van der Waals surface area (Å²) in [6.45, 7) is 29.0. The van der Waals surface area contributed by atoms with E-state index in [2.05, 4.69) is 170 Å². The van der Waals surface area contributed by atoms with E-state index < -0.39 is 0 Å². The summed E-state index contributed by atoms with van der Waals surface area (Å²) in [5.41, 5.74) is 22.7. The lowest BCUT2D eigenvalue weighted by Gasteiger charge is -1.96. The highest BCUT2D eigenvalue weighted by Crippen LogP contribution is 2.39. The molecule has 20 heteroatoms. The van der Waals surface area contributed by atoms with E-state index in [1.807, 2.05) is 67.7 Å². The number of aryl methyl sites for hydroxylation is 10. The minimum absolute atomic E-state index is 0.396. The zero-order chi connectivity index (χ0) is 61.3. The summed E-state index contributed by atoms with van der Waals surface area (Å²) in [4.78, 5) is 36.2. The van der Waals surface area contributed by atoms with E-state index >= 15 is 0 Å². The number of thiazole rings is 8. The normalized spacial score (nSPS) is 10.8. The highest BCUT2D eigenvalue weighted by molar-refractivity contribution is 7.25. The zero-order valence-corrected chi connectivity index (χ0v) is 58.0. The molecule has 0 aliphatic rings. The van der Waals surface area contributed by atoms with Crippen molar-refractivity contribution in [2.24, 2.45) is 0 Å². The van der Waals surface area contributed by atoms with Gasteiger partial charge >= 0.3 is 0 Å². The van der Waals surface area contributed by atoms with Crippen LogP contribution in [0.5, 0.6) is 0 Å². The lowest BCUT2D eigenvalue weighted by Crippen LogP contribution is -1.79. The fraction of sp³-hybridized carbons (Fsp3) is 0.212. The number of rotatable bonds is 5. The van der Waals surface area contributed by atoms with Crippen molar-refractivity contribution in [2.75, 3.05) is 0 Å².